The largest absolute Gasteiger partial charge is 0.418 e. The van der Waals surface area contributed by atoms with E-state index in [-0.39, 0.29) is 12.1 Å². The summed E-state index contributed by atoms with van der Waals surface area (Å²) in [7, 11) is 0. The van der Waals surface area contributed by atoms with Crippen molar-refractivity contribution in [2.75, 3.05) is 5.73 Å². The summed E-state index contributed by atoms with van der Waals surface area (Å²) in [6, 6.07) is 0. The minimum Gasteiger partial charge on any atom is -0.381 e. The Hall–Kier alpha value is -1.33. The summed E-state index contributed by atoms with van der Waals surface area (Å²) in [5, 5.41) is 0. The molecule has 1 rings (SSSR count). The number of hydrogen-bond donors (Lipinski definition) is 1. The van der Waals surface area contributed by atoms with Gasteiger partial charge in [-0.15, -0.1) is 0 Å². The molecule has 0 amide bonds. The predicted octanol–water partition coefficient (Wildman–Crippen LogP) is 4.74. The number of nitrogens with two attached hydrogens (primary N) is 1. The van der Waals surface area contributed by atoms with E-state index < -0.39 is 28.9 Å². The summed E-state index contributed by atoms with van der Waals surface area (Å²) in [6.45, 7) is 10.6. The maximum Gasteiger partial charge on any atom is 0.418 e. The summed E-state index contributed by atoms with van der Waals surface area (Å²) in [5.74, 6) is -1.56. The summed E-state index contributed by atoms with van der Waals surface area (Å²) in [4.78, 5) is 3.33. The van der Waals surface area contributed by atoms with Gasteiger partial charge in [-0.3, -0.25) is 0 Å². The number of aryl methyl sites for hydroxylation is 1. The lowest BCUT2D eigenvalue weighted by Crippen LogP contribution is -2.16. The molecule has 0 saturated heterocycles. The zero-order valence-corrected chi connectivity index (χ0v) is 12.2. The van der Waals surface area contributed by atoms with Gasteiger partial charge < -0.3 is 5.73 Å². The van der Waals surface area contributed by atoms with Crippen LogP contribution in [0.2, 0.25) is 0 Å². The molecule has 0 aromatic carbocycles. The predicted molar refractivity (Wildman–Crippen MR) is 70.4 cm³/mol. The molecule has 19 heavy (non-hydrogen) atoms. The van der Waals surface area contributed by atoms with Gasteiger partial charge in [-0.1, -0.05) is 34.6 Å². The zero-order chi connectivity index (χ0) is 15.8. The van der Waals surface area contributed by atoms with Crippen LogP contribution in [0, 0.1) is 12.7 Å². The quantitative estimate of drug-likeness (QED) is 0.755. The second kappa shape index (κ2) is 8.72. The fourth-order valence-electron chi connectivity index (χ4n) is 1.48. The van der Waals surface area contributed by atoms with Crippen molar-refractivity contribution in [1.29, 1.82) is 0 Å². The smallest absolute Gasteiger partial charge is 0.381 e. The van der Waals surface area contributed by atoms with Gasteiger partial charge in [0.15, 0.2) is 11.6 Å². The maximum absolute atomic E-state index is 13.3. The monoisotopic (exact) mass is 282 g/mol. The molecule has 0 aliphatic rings. The molecule has 0 aliphatic carbocycles. The number of nitrogens with zero attached hydrogens (tertiary/aromatic N) is 1. The third-order valence-electron chi connectivity index (χ3n) is 2.08. The van der Waals surface area contributed by atoms with Gasteiger partial charge >= 0.3 is 6.18 Å². The minimum absolute atomic E-state index is 0.0752. The molecule has 2 nitrogen and oxygen atoms in total. The Labute approximate surface area is 112 Å². The molecular weight excluding hydrogens is 260 g/mol. The van der Waals surface area contributed by atoms with E-state index in [2.05, 4.69) is 4.98 Å². The Balaban J connectivity index is 0. The molecule has 0 unspecified atom stereocenters. The maximum atomic E-state index is 13.3. The van der Waals surface area contributed by atoms with Crippen LogP contribution in [0.5, 0.6) is 0 Å². The molecule has 0 spiro atoms. The number of alkyl halides is 3. The van der Waals surface area contributed by atoms with Crippen molar-refractivity contribution in [3.05, 3.63) is 22.6 Å². The normalized spacial score (nSPS) is 10.0. The third kappa shape index (κ3) is 5.04. The van der Waals surface area contributed by atoms with Crippen LogP contribution in [0.4, 0.5) is 23.4 Å². The fourth-order valence-corrected chi connectivity index (χ4v) is 1.48. The van der Waals surface area contributed by atoms with Gasteiger partial charge in [0, 0.05) is 5.56 Å². The molecule has 0 aliphatic heterocycles. The molecule has 112 valence electrons. The molecular formula is C13H22F4N2. The zero-order valence-electron chi connectivity index (χ0n) is 12.2. The third-order valence-corrected chi connectivity index (χ3v) is 2.08. The first-order valence-electron chi connectivity index (χ1n) is 6.30. The van der Waals surface area contributed by atoms with Crippen LogP contribution < -0.4 is 5.73 Å². The standard InChI is InChI=1S/C9H10F4N2.2C2H6/c1-3-5-6(9(11,12)13)4(2)15-8(14)7(5)10;2*1-2/h3H2,1-2H3,(H2,14,15);2*1-2H3. The average molecular weight is 282 g/mol. The molecule has 0 fully saturated rings. The summed E-state index contributed by atoms with van der Waals surface area (Å²) >= 11 is 0. The Bertz CT molecular complexity index is 387. The highest BCUT2D eigenvalue weighted by Crippen LogP contribution is 2.36. The van der Waals surface area contributed by atoms with E-state index in [1.54, 1.807) is 0 Å². The average Bonchev–Trinajstić information content (AvgIpc) is 2.36. The highest BCUT2D eigenvalue weighted by Gasteiger charge is 2.37. The van der Waals surface area contributed by atoms with Gasteiger partial charge in [0.05, 0.1) is 11.3 Å². The SMILES string of the molecule is CC.CC.CCc1c(F)c(N)nc(C)c1C(F)(F)F. The topological polar surface area (TPSA) is 38.9 Å². The highest BCUT2D eigenvalue weighted by molar-refractivity contribution is 5.44. The van der Waals surface area contributed by atoms with Crippen molar-refractivity contribution in [2.24, 2.45) is 0 Å². The van der Waals surface area contributed by atoms with E-state index in [1.165, 1.54) is 6.92 Å². The van der Waals surface area contributed by atoms with E-state index >= 15 is 0 Å². The van der Waals surface area contributed by atoms with Crippen LogP contribution in [0.3, 0.4) is 0 Å². The minimum atomic E-state index is -4.60. The van der Waals surface area contributed by atoms with Crippen LogP contribution >= 0.6 is 0 Å². The molecule has 2 N–H and O–H groups in total. The second-order valence-corrected chi connectivity index (χ2v) is 3.10. The van der Waals surface area contributed by atoms with Gasteiger partial charge in [-0.25, -0.2) is 9.37 Å². The Kier molecular flexibility index (Phi) is 9.17. The second-order valence-electron chi connectivity index (χ2n) is 3.10. The molecule has 0 bridgehead atoms. The number of pyridine rings is 1. The molecule has 1 heterocycles. The first kappa shape index (κ1) is 20.0. The first-order chi connectivity index (χ1) is 8.79. The molecule has 0 saturated carbocycles. The van der Waals surface area contributed by atoms with Crippen molar-refractivity contribution in [1.82, 2.24) is 4.98 Å². The van der Waals surface area contributed by atoms with Gasteiger partial charge in [-0.2, -0.15) is 13.2 Å². The lowest BCUT2D eigenvalue weighted by Gasteiger charge is -2.15. The first-order valence-corrected chi connectivity index (χ1v) is 6.30. The van der Waals surface area contributed by atoms with Crippen LogP contribution in [0.1, 0.15) is 51.4 Å². The highest BCUT2D eigenvalue weighted by atomic mass is 19.4. The van der Waals surface area contributed by atoms with Crippen molar-refractivity contribution < 1.29 is 17.6 Å². The summed E-state index contributed by atoms with van der Waals surface area (Å²) in [5.41, 5.74) is 3.42. The molecule has 1 aromatic rings. The summed E-state index contributed by atoms with van der Waals surface area (Å²) < 4.78 is 51.0. The molecule has 0 atom stereocenters. The Morgan fingerprint density at radius 1 is 1.11 bits per heavy atom. The van der Waals surface area contributed by atoms with Gasteiger partial charge in [-0.05, 0) is 13.3 Å². The Morgan fingerprint density at radius 3 is 1.84 bits per heavy atom. The molecule has 0 radical (unpaired) electrons. The lowest BCUT2D eigenvalue weighted by molar-refractivity contribution is -0.139. The number of hydrogen-bond acceptors (Lipinski definition) is 2. The van der Waals surface area contributed by atoms with Crippen LogP contribution in [-0.2, 0) is 12.6 Å². The van der Waals surface area contributed by atoms with Crippen molar-refractivity contribution >= 4 is 5.82 Å². The fraction of sp³-hybridized carbons (Fsp3) is 0.615. The van der Waals surface area contributed by atoms with E-state index in [1.807, 2.05) is 27.7 Å². The van der Waals surface area contributed by atoms with E-state index in [0.29, 0.717) is 0 Å². The summed E-state index contributed by atoms with van der Waals surface area (Å²) in [6.07, 6.45) is -4.68. The number of nitrogen functional groups attached to an aromatic ring is 1. The number of halogens is 4. The lowest BCUT2D eigenvalue weighted by atomic mass is 10.0. The number of rotatable bonds is 1. The molecule has 1 aromatic heterocycles. The van der Waals surface area contributed by atoms with E-state index in [9.17, 15) is 17.6 Å². The van der Waals surface area contributed by atoms with Crippen LogP contribution in [0.15, 0.2) is 0 Å². The van der Waals surface area contributed by atoms with Crippen LogP contribution in [0.25, 0.3) is 0 Å². The van der Waals surface area contributed by atoms with Gasteiger partial charge in [0.25, 0.3) is 0 Å². The van der Waals surface area contributed by atoms with E-state index in [0.717, 1.165) is 6.92 Å². The van der Waals surface area contributed by atoms with E-state index in [4.69, 9.17) is 5.73 Å². The molecule has 6 heteroatoms. The van der Waals surface area contributed by atoms with Gasteiger partial charge in [0.1, 0.15) is 0 Å². The number of aromatic nitrogens is 1. The van der Waals surface area contributed by atoms with Gasteiger partial charge in [0.2, 0.25) is 0 Å². The van der Waals surface area contributed by atoms with Crippen molar-refractivity contribution in [2.45, 2.75) is 54.1 Å². The van der Waals surface area contributed by atoms with Crippen molar-refractivity contribution in [3.8, 4) is 0 Å². The van der Waals surface area contributed by atoms with Crippen LogP contribution in [-0.4, -0.2) is 4.98 Å². The van der Waals surface area contributed by atoms with Crippen molar-refractivity contribution in [3.63, 3.8) is 0 Å². The number of anilines is 1. The Morgan fingerprint density at radius 2 is 1.53 bits per heavy atom.